The summed E-state index contributed by atoms with van der Waals surface area (Å²) in [6.07, 6.45) is 0.939. The summed E-state index contributed by atoms with van der Waals surface area (Å²) in [6, 6.07) is 12.9. The Kier molecular flexibility index (Phi) is 6.85. The van der Waals surface area contributed by atoms with Crippen LogP contribution in [-0.4, -0.2) is 40.9 Å². The maximum atomic E-state index is 6.29. The topological polar surface area (TPSA) is 72.7 Å². The van der Waals surface area contributed by atoms with Crippen LogP contribution in [0.25, 0.3) is 17.0 Å². The van der Waals surface area contributed by atoms with Gasteiger partial charge in [0.05, 0.1) is 25.8 Å². The van der Waals surface area contributed by atoms with E-state index in [0.717, 1.165) is 35.4 Å². The van der Waals surface area contributed by atoms with Crippen molar-refractivity contribution in [3.05, 3.63) is 64.6 Å². The van der Waals surface area contributed by atoms with Crippen molar-refractivity contribution in [2.24, 2.45) is 0 Å². The molecule has 1 atom stereocenters. The smallest absolute Gasteiger partial charge is 0.258 e. The number of benzene rings is 2. The summed E-state index contributed by atoms with van der Waals surface area (Å²) >= 11 is 12.0. The number of nitrogens with zero attached hydrogens (tertiary/aromatic N) is 3. The van der Waals surface area contributed by atoms with Crippen LogP contribution in [0.3, 0.4) is 0 Å². The molecular weight excluding hydrogens is 460 g/mol. The van der Waals surface area contributed by atoms with E-state index in [-0.39, 0.29) is 6.04 Å². The van der Waals surface area contributed by atoms with Gasteiger partial charge in [-0.25, -0.2) is 0 Å². The van der Waals surface area contributed by atoms with E-state index in [1.165, 1.54) is 0 Å². The molecule has 33 heavy (non-hydrogen) atoms. The molecule has 2 heterocycles. The number of hydrogen-bond acceptors (Lipinski definition) is 6. The van der Waals surface area contributed by atoms with Crippen LogP contribution in [0, 0.1) is 0 Å². The monoisotopic (exact) mass is 484 g/mol. The molecule has 2 aromatic carbocycles. The number of halogens is 1. The Morgan fingerprint density at radius 3 is 2.64 bits per heavy atom. The molecule has 3 aromatic rings. The van der Waals surface area contributed by atoms with Crippen molar-refractivity contribution in [2.45, 2.75) is 26.3 Å². The normalized spacial score (nSPS) is 16.1. The Morgan fingerprint density at radius 1 is 1.15 bits per heavy atom. The zero-order valence-electron chi connectivity index (χ0n) is 18.9. The molecule has 1 aliphatic heterocycles. The van der Waals surface area contributed by atoms with Crippen molar-refractivity contribution in [3.63, 3.8) is 0 Å². The molecule has 7 nitrogen and oxygen atoms in total. The van der Waals surface area contributed by atoms with E-state index in [9.17, 15) is 0 Å². The van der Waals surface area contributed by atoms with Crippen molar-refractivity contribution in [1.82, 2.24) is 20.4 Å². The van der Waals surface area contributed by atoms with Gasteiger partial charge < -0.3 is 24.2 Å². The van der Waals surface area contributed by atoms with Gasteiger partial charge in [-0.3, -0.25) is 0 Å². The fourth-order valence-corrected chi connectivity index (χ4v) is 4.46. The highest BCUT2D eigenvalue weighted by Gasteiger charge is 2.34. The lowest BCUT2D eigenvalue weighted by Gasteiger charge is -2.37. The number of aromatic nitrogens is 2. The average molecular weight is 485 g/mol. The maximum absolute atomic E-state index is 6.29. The van der Waals surface area contributed by atoms with Crippen LogP contribution >= 0.6 is 23.8 Å². The molecular formula is C24H25ClN4O3S. The van der Waals surface area contributed by atoms with E-state index in [4.69, 9.17) is 42.8 Å². The highest BCUT2D eigenvalue weighted by Crippen LogP contribution is 2.38. The Labute approximate surface area is 203 Å². The van der Waals surface area contributed by atoms with Gasteiger partial charge in [0.15, 0.2) is 16.6 Å². The molecule has 4 rings (SSSR count). The van der Waals surface area contributed by atoms with E-state index in [1.54, 1.807) is 14.2 Å². The number of hydrogen-bond donors (Lipinski definition) is 1. The second-order valence-corrected chi connectivity index (χ2v) is 8.40. The zero-order valence-corrected chi connectivity index (χ0v) is 20.5. The quantitative estimate of drug-likeness (QED) is 0.442. The van der Waals surface area contributed by atoms with Gasteiger partial charge >= 0.3 is 0 Å². The van der Waals surface area contributed by atoms with Crippen LogP contribution in [0.4, 0.5) is 0 Å². The van der Waals surface area contributed by atoms with Crippen LogP contribution in [0.2, 0.25) is 5.02 Å². The summed E-state index contributed by atoms with van der Waals surface area (Å²) in [5, 5.41) is 8.97. The average Bonchev–Trinajstić information content (AvgIpc) is 3.30. The number of allylic oxidation sites excluding steroid dienone is 1. The summed E-state index contributed by atoms with van der Waals surface area (Å²) in [4.78, 5) is 6.79. The summed E-state index contributed by atoms with van der Waals surface area (Å²) in [6.45, 7) is 4.91. The van der Waals surface area contributed by atoms with Gasteiger partial charge in [-0.15, -0.1) is 0 Å². The van der Waals surface area contributed by atoms with E-state index >= 15 is 0 Å². The molecule has 0 saturated carbocycles. The molecule has 0 fully saturated rings. The van der Waals surface area contributed by atoms with Gasteiger partial charge in [-0.05, 0) is 61.5 Å². The first kappa shape index (κ1) is 23.1. The van der Waals surface area contributed by atoms with Gasteiger partial charge in [0, 0.05) is 22.8 Å². The van der Waals surface area contributed by atoms with Crippen LogP contribution in [0.1, 0.15) is 37.8 Å². The standard InChI is InChI=1S/C24H25ClN4O3S/c1-5-11-29-14(2)20(21(26-24(29)33)15-7-6-8-17(25)12-15)23-27-22(28-32-23)16-9-10-18(30-3)19(13-16)31-4/h6-10,12-13,21H,5,11H2,1-4H3,(H,26,33). The van der Waals surface area contributed by atoms with E-state index < -0.39 is 0 Å². The Bertz CT molecular complexity index is 1210. The number of ether oxygens (including phenoxy) is 2. The fourth-order valence-electron chi connectivity index (χ4n) is 3.91. The molecule has 1 N–H and O–H groups in total. The van der Waals surface area contributed by atoms with Crippen LogP contribution in [0.15, 0.2) is 52.7 Å². The second-order valence-electron chi connectivity index (χ2n) is 7.58. The molecule has 1 aromatic heterocycles. The van der Waals surface area contributed by atoms with Gasteiger partial charge in [-0.2, -0.15) is 4.98 Å². The van der Waals surface area contributed by atoms with Crippen molar-refractivity contribution >= 4 is 34.5 Å². The number of nitrogens with one attached hydrogen (secondary N) is 1. The van der Waals surface area contributed by atoms with Gasteiger partial charge in [-0.1, -0.05) is 35.8 Å². The molecule has 9 heteroatoms. The second kappa shape index (κ2) is 9.80. The lowest BCUT2D eigenvalue weighted by molar-refractivity contribution is 0.355. The minimum Gasteiger partial charge on any atom is -0.493 e. The van der Waals surface area contributed by atoms with Crippen LogP contribution in [0.5, 0.6) is 11.5 Å². The van der Waals surface area contributed by atoms with E-state index in [0.29, 0.717) is 33.3 Å². The van der Waals surface area contributed by atoms with Crippen molar-refractivity contribution in [3.8, 4) is 22.9 Å². The first-order valence-electron chi connectivity index (χ1n) is 10.6. The van der Waals surface area contributed by atoms with Gasteiger partial charge in [0.1, 0.15) is 0 Å². The molecule has 1 aliphatic rings. The summed E-state index contributed by atoms with van der Waals surface area (Å²) in [5.74, 6) is 2.08. The fraction of sp³-hybridized carbons (Fsp3) is 0.292. The first-order valence-corrected chi connectivity index (χ1v) is 11.4. The van der Waals surface area contributed by atoms with Crippen molar-refractivity contribution in [1.29, 1.82) is 0 Å². The third kappa shape index (κ3) is 4.54. The number of rotatable bonds is 7. The lowest BCUT2D eigenvalue weighted by Crippen LogP contribution is -2.46. The third-order valence-corrected chi connectivity index (χ3v) is 6.10. The first-order chi connectivity index (χ1) is 16.0. The Hall–Kier alpha value is -3.10. The highest BCUT2D eigenvalue weighted by atomic mass is 35.5. The predicted molar refractivity (Wildman–Crippen MR) is 132 cm³/mol. The molecule has 0 amide bonds. The van der Waals surface area contributed by atoms with Gasteiger partial charge in [0.25, 0.3) is 5.89 Å². The molecule has 1 unspecified atom stereocenters. The highest BCUT2D eigenvalue weighted by molar-refractivity contribution is 7.80. The zero-order chi connectivity index (χ0) is 23.5. The molecule has 172 valence electrons. The third-order valence-electron chi connectivity index (χ3n) is 5.52. The van der Waals surface area contributed by atoms with E-state index in [1.807, 2.05) is 49.4 Å². The Balaban J connectivity index is 1.80. The maximum Gasteiger partial charge on any atom is 0.258 e. The molecule has 0 radical (unpaired) electrons. The van der Waals surface area contributed by atoms with Crippen molar-refractivity contribution in [2.75, 3.05) is 20.8 Å². The minimum absolute atomic E-state index is 0.275. The number of thiocarbonyl (C=S) groups is 1. The summed E-state index contributed by atoms with van der Waals surface area (Å²) in [7, 11) is 3.18. The predicted octanol–water partition coefficient (Wildman–Crippen LogP) is 5.48. The lowest BCUT2D eigenvalue weighted by atomic mass is 9.95. The summed E-state index contributed by atoms with van der Waals surface area (Å²) in [5.41, 5.74) is 3.54. The van der Waals surface area contributed by atoms with Crippen LogP contribution < -0.4 is 14.8 Å². The van der Waals surface area contributed by atoms with E-state index in [2.05, 4.69) is 22.3 Å². The number of methoxy groups -OCH3 is 2. The molecule has 0 saturated heterocycles. The van der Waals surface area contributed by atoms with Gasteiger partial charge in [0.2, 0.25) is 5.82 Å². The largest absolute Gasteiger partial charge is 0.493 e. The van der Waals surface area contributed by atoms with Crippen LogP contribution in [-0.2, 0) is 0 Å². The molecule has 0 aliphatic carbocycles. The molecule has 0 bridgehead atoms. The summed E-state index contributed by atoms with van der Waals surface area (Å²) < 4.78 is 16.5. The van der Waals surface area contributed by atoms with Crippen molar-refractivity contribution < 1.29 is 14.0 Å². The minimum atomic E-state index is -0.275. The SMILES string of the molecule is CCCN1C(=S)NC(c2cccc(Cl)c2)C(c2nc(-c3ccc(OC)c(OC)c3)no2)=C1C. The Morgan fingerprint density at radius 2 is 1.94 bits per heavy atom. The molecule has 0 spiro atoms.